The molecule has 1 saturated heterocycles. The quantitative estimate of drug-likeness (QED) is 0.570. The average Bonchev–Trinajstić information content (AvgIpc) is 3.48. The van der Waals surface area contributed by atoms with Crippen LogP contribution < -0.4 is 11.0 Å². The zero-order valence-corrected chi connectivity index (χ0v) is 20.0. The van der Waals surface area contributed by atoms with Gasteiger partial charge in [0.05, 0.1) is 11.0 Å². The molecule has 1 amide bonds. The van der Waals surface area contributed by atoms with Gasteiger partial charge < -0.3 is 15.0 Å². The number of carbonyl (C=O) groups excluding carboxylic acids is 1. The molecule has 1 aromatic heterocycles. The smallest absolute Gasteiger partial charge is 0.410 e. The summed E-state index contributed by atoms with van der Waals surface area (Å²) in [5.41, 5.74) is 4.05. The fourth-order valence-electron chi connectivity index (χ4n) is 4.84. The minimum atomic E-state index is -0.285. The van der Waals surface area contributed by atoms with Crippen LogP contribution in [0.3, 0.4) is 0 Å². The van der Waals surface area contributed by atoms with Gasteiger partial charge in [0.25, 0.3) is 0 Å². The van der Waals surface area contributed by atoms with Crippen LogP contribution in [0.4, 0.5) is 4.79 Å². The number of amides is 1. The number of nitrogens with one attached hydrogen (secondary N) is 1. The molecule has 1 aliphatic carbocycles. The van der Waals surface area contributed by atoms with E-state index in [0.29, 0.717) is 26.2 Å². The first-order valence-corrected chi connectivity index (χ1v) is 11.8. The molecule has 2 aliphatic rings. The summed E-state index contributed by atoms with van der Waals surface area (Å²) in [7, 11) is 0. The maximum atomic E-state index is 13.3. The third kappa shape index (κ3) is 5.05. The van der Waals surface area contributed by atoms with Crippen molar-refractivity contribution in [2.75, 3.05) is 19.6 Å². The highest BCUT2D eigenvalue weighted by atomic mass is 35.5. The first-order valence-electron chi connectivity index (χ1n) is 11.8. The Morgan fingerprint density at radius 1 is 1.06 bits per heavy atom. The molecule has 0 bridgehead atoms. The molecule has 1 fully saturated rings. The fourth-order valence-corrected chi connectivity index (χ4v) is 4.84. The maximum absolute atomic E-state index is 13.3. The molecule has 1 aliphatic heterocycles. The van der Waals surface area contributed by atoms with E-state index in [1.807, 2.05) is 63.7 Å². The van der Waals surface area contributed by atoms with Crippen molar-refractivity contribution < 1.29 is 9.53 Å². The monoisotopic (exact) mass is 482 g/mol. The Hall–Kier alpha value is -3.03. The molecular weight excluding hydrogens is 452 g/mol. The largest absolute Gasteiger partial charge is 0.445 e. The van der Waals surface area contributed by atoms with Crippen molar-refractivity contribution in [2.24, 2.45) is 0 Å². The van der Waals surface area contributed by atoms with Crippen molar-refractivity contribution in [3.8, 4) is 0 Å². The van der Waals surface area contributed by atoms with Gasteiger partial charge in [0.2, 0.25) is 0 Å². The van der Waals surface area contributed by atoms with Crippen molar-refractivity contribution >= 4 is 35.2 Å². The Morgan fingerprint density at radius 3 is 2.59 bits per heavy atom. The van der Waals surface area contributed by atoms with E-state index in [-0.39, 0.29) is 36.8 Å². The topological polar surface area (TPSA) is 68.5 Å². The van der Waals surface area contributed by atoms with E-state index in [2.05, 4.69) is 11.4 Å². The molecule has 1 N–H and O–H groups in total. The molecule has 1 atom stereocenters. The second-order valence-electron chi connectivity index (χ2n) is 8.77. The molecule has 5 rings (SSSR count). The van der Waals surface area contributed by atoms with Crippen molar-refractivity contribution in [2.45, 2.75) is 44.9 Å². The standard InChI is InChI=1S/C26H30N4O3.ClH/c31-25-29(23-12-6-7-13-24(23)30(25)22-10-4-5-11-22)16-14-21-18-28(17-15-27-21)26(32)33-19-20-8-2-1-3-9-20;/h1-3,6-10,12-13,21,27H,4-5,11,14-19H2;1H/t21-;/m1./s1. The van der Waals surface area contributed by atoms with Gasteiger partial charge in [-0.1, -0.05) is 48.5 Å². The third-order valence-corrected chi connectivity index (χ3v) is 6.56. The number of para-hydroxylation sites is 2. The van der Waals surface area contributed by atoms with Crippen LogP contribution in [0.1, 0.15) is 31.2 Å². The summed E-state index contributed by atoms with van der Waals surface area (Å²) in [6.45, 7) is 2.79. The van der Waals surface area contributed by atoms with E-state index in [1.165, 1.54) is 0 Å². The van der Waals surface area contributed by atoms with Crippen molar-refractivity contribution in [3.05, 3.63) is 76.7 Å². The van der Waals surface area contributed by atoms with Gasteiger partial charge in [-0.3, -0.25) is 9.13 Å². The number of fused-ring (bicyclic) bond motifs is 1. The number of halogens is 1. The van der Waals surface area contributed by atoms with Gasteiger partial charge in [0.15, 0.2) is 0 Å². The van der Waals surface area contributed by atoms with Gasteiger partial charge in [0.1, 0.15) is 6.61 Å². The minimum absolute atomic E-state index is 0. The number of benzene rings is 2. The lowest BCUT2D eigenvalue weighted by molar-refractivity contribution is 0.0838. The Bertz CT molecular complexity index is 1220. The number of ether oxygens (including phenoxy) is 1. The Labute approximate surface area is 205 Å². The van der Waals surface area contributed by atoms with Crippen LogP contribution in [0.25, 0.3) is 16.7 Å². The van der Waals surface area contributed by atoms with E-state index in [0.717, 1.165) is 48.0 Å². The van der Waals surface area contributed by atoms with Crippen LogP contribution in [-0.2, 0) is 17.9 Å². The second-order valence-corrected chi connectivity index (χ2v) is 8.77. The fraction of sp³-hybridized carbons (Fsp3) is 0.385. The number of carbonyl (C=O) groups is 1. The van der Waals surface area contributed by atoms with Gasteiger partial charge >= 0.3 is 11.8 Å². The lowest BCUT2D eigenvalue weighted by atomic mass is 10.1. The van der Waals surface area contributed by atoms with Gasteiger partial charge in [-0.2, -0.15) is 0 Å². The first kappa shape index (κ1) is 24.1. The number of aryl methyl sites for hydroxylation is 1. The number of hydrogen-bond donors (Lipinski definition) is 1. The molecule has 34 heavy (non-hydrogen) atoms. The highest BCUT2D eigenvalue weighted by Gasteiger charge is 2.25. The average molecular weight is 483 g/mol. The molecule has 0 spiro atoms. The first-order chi connectivity index (χ1) is 16.2. The van der Waals surface area contributed by atoms with Crippen LogP contribution in [-0.4, -0.2) is 45.8 Å². The summed E-state index contributed by atoms with van der Waals surface area (Å²) in [6.07, 6.45) is 5.73. The van der Waals surface area contributed by atoms with Crippen LogP contribution in [0.15, 0.2) is 65.5 Å². The van der Waals surface area contributed by atoms with Crippen LogP contribution in [0.5, 0.6) is 0 Å². The van der Waals surface area contributed by atoms with Crippen molar-refractivity contribution in [3.63, 3.8) is 0 Å². The predicted molar refractivity (Wildman–Crippen MR) is 136 cm³/mol. The summed E-state index contributed by atoms with van der Waals surface area (Å²) < 4.78 is 9.27. The second kappa shape index (κ2) is 10.9. The number of imidazole rings is 1. The summed E-state index contributed by atoms with van der Waals surface area (Å²) in [4.78, 5) is 27.7. The molecule has 8 heteroatoms. The maximum Gasteiger partial charge on any atom is 0.410 e. The number of allylic oxidation sites excluding steroid dienone is 2. The van der Waals surface area contributed by atoms with Crippen LogP contribution in [0, 0.1) is 0 Å². The number of nitrogens with zero attached hydrogens (tertiary/aromatic N) is 3. The number of aromatic nitrogens is 2. The molecule has 0 saturated carbocycles. The zero-order chi connectivity index (χ0) is 22.6. The predicted octanol–water partition coefficient (Wildman–Crippen LogP) is 4.25. The zero-order valence-electron chi connectivity index (χ0n) is 19.2. The molecule has 2 aromatic carbocycles. The number of rotatable bonds is 6. The van der Waals surface area contributed by atoms with Crippen LogP contribution >= 0.6 is 12.4 Å². The summed E-state index contributed by atoms with van der Waals surface area (Å²) in [5.74, 6) is 0. The molecule has 3 aromatic rings. The van der Waals surface area contributed by atoms with Gasteiger partial charge in [-0.25, -0.2) is 9.59 Å². The van der Waals surface area contributed by atoms with E-state index < -0.39 is 0 Å². The van der Waals surface area contributed by atoms with Crippen molar-refractivity contribution in [1.29, 1.82) is 0 Å². The van der Waals surface area contributed by atoms with E-state index in [4.69, 9.17) is 4.74 Å². The highest BCUT2D eigenvalue weighted by molar-refractivity contribution is 5.85. The molecule has 0 radical (unpaired) electrons. The van der Waals surface area contributed by atoms with E-state index >= 15 is 0 Å². The van der Waals surface area contributed by atoms with E-state index in [1.54, 1.807) is 4.90 Å². The SMILES string of the molecule is Cl.O=C(OCc1ccccc1)N1CCN[C@H](CCn2c(=O)n(C3=CCCC3)c3ccccc32)C1. The van der Waals surface area contributed by atoms with Gasteiger partial charge in [-0.15, -0.1) is 12.4 Å². The number of piperazine rings is 1. The number of hydrogen-bond acceptors (Lipinski definition) is 4. The summed E-state index contributed by atoms with van der Waals surface area (Å²) >= 11 is 0. The third-order valence-electron chi connectivity index (χ3n) is 6.56. The Balaban J connectivity index is 0.00000274. The van der Waals surface area contributed by atoms with E-state index in [9.17, 15) is 9.59 Å². The Kier molecular flexibility index (Phi) is 7.75. The van der Waals surface area contributed by atoms with Gasteiger partial charge in [0, 0.05) is 37.9 Å². The van der Waals surface area contributed by atoms with Crippen molar-refractivity contribution in [1.82, 2.24) is 19.4 Å². The minimum Gasteiger partial charge on any atom is -0.445 e. The molecule has 0 unspecified atom stereocenters. The lowest BCUT2D eigenvalue weighted by Crippen LogP contribution is -2.53. The molecule has 180 valence electrons. The molecular formula is C26H31ClN4O3. The van der Waals surface area contributed by atoms with Crippen LogP contribution in [0.2, 0.25) is 0 Å². The molecule has 7 nitrogen and oxygen atoms in total. The highest BCUT2D eigenvalue weighted by Crippen LogP contribution is 2.25. The van der Waals surface area contributed by atoms with Gasteiger partial charge in [-0.05, 0) is 43.4 Å². The lowest BCUT2D eigenvalue weighted by Gasteiger charge is -2.33. The summed E-state index contributed by atoms with van der Waals surface area (Å²) in [6, 6.07) is 17.8. The normalized spacial score (nSPS) is 17.9. The Morgan fingerprint density at radius 2 is 1.82 bits per heavy atom. The molecule has 2 heterocycles. The summed E-state index contributed by atoms with van der Waals surface area (Å²) in [5, 5.41) is 3.49.